The molecule has 0 unspecified atom stereocenters. The van der Waals surface area contributed by atoms with Gasteiger partial charge in [-0.15, -0.1) is 21.5 Å². The first-order chi connectivity index (χ1) is 15.4. The molecular weight excluding hydrogens is 428 g/mol. The second-order valence-corrected chi connectivity index (χ2v) is 9.61. The normalized spacial score (nSPS) is 13.9. The molecule has 1 aliphatic carbocycles. The van der Waals surface area contributed by atoms with Gasteiger partial charge in [-0.25, -0.2) is 0 Å². The summed E-state index contributed by atoms with van der Waals surface area (Å²) < 4.78 is 7.73. The molecule has 31 heavy (non-hydrogen) atoms. The average Bonchev–Trinajstić information content (AvgIpc) is 3.24. The Hall–Kier alpha value is -2.91. The van der Waals surface area contributed by atoms with Crippen LogP contribution in [-0.4, -0.2) is 35.6 Å². The number of H-pyrrole nitrogens is 1. The van der Waals surface area contributed by atoms with Crippen LogP contribution in [0.1, 0.15) is 31.2 Å². The van der Waals surface area contributed by atoms with Gasteiger partial charge >= 0.3 is 0 Å². The van der Waals surface area contributed by atoms with Crippen molar-refractivity contribution in [3.05, 3.63) is 53.9 Å². The Bertz CT molecular complexity index is 1320. The van der Waals surface area contributed by atoms with Crippen LogP contribution in [0.2, 0.25) is 0 Å². The number of fused-ring (bicyclic) bond motifs is 1. The minimum atomic E-state index is 0.505. The standard InChI is InChI=1S/C22H20N6OS2/c1-2-6-17-15(5-1)16(13-23-17)21-25-26-22(28(21)14-9-10-14)31-12-4-8-19-24-20(27-29-19)18-7-3-11-30-18/h1-3,5-7,11,13-14,23H,4,8-10,12H2. The van der Waals surface area contributed by atoms with Gasteiger partial charge in [-0.3, -0.25) is 4.57 Å². The third-order valence-electron chi connectivity index (χ3n) is 5.38. The lowest BCUT2D eigenvalue weighted by atomic mass is 10.1. The van der Waals surface area contributed by atoms with Crippen molar-refractivity contribution in [3.63, 3.8) is 0 Å². The van der Waals surface area contributed by atoms with Crippen molar-refractivity contribution in [2.24, 2.45) is 0 Å². The van der Waals surface area contributed by atoms with Crippen molar-refractivity contribution in [1.29, 1.82) is 0 Å². The molecule has 0 spiro atoms. The third-order valence-corrected chi connectivity index (χ3v) is 7.28. The molecule has 4 heterocycles. The van der Waals surface area contributed by atoms with Gasteiger partial charge in [0.1, 0.15) is 0 Å². The van der Waals surface area contributed by atoms with Gasteiger partial charge in [0.2, 0.25) is 11.7 Å². The molecule has 7 nitrogen and oxygen atoms in total. The summed E-state index contributed by atoms with van der Waals surface area (Å²) in [5.74, 6) is 3.25. The summed E-state index contributed by atoms with van der Waals surface area (Å²) in [5.41, 5.74) is 2.24. The van der Waals surface area contributed by atoms with Crippen LogP contribution >= 0.6 is 23.1 Å². The largest absolute Gasteiger partial charge is 0.360 e. The van der Waals surface area contributed by atoms with E-state index in [-0.39, 0.29) is 0 Å². The van der Waals surface area contributed by atoms with Crippen LogP contribution in [0.25, 0.3) is 33.0 Å². The van der Waals surface area contributed by atoms with Crippen molar-refractivity contribution in [1.82, 2.24) is 29.9 Å². The van der Waals surface area contributed by atoms with E-state index in [1.165, 1.54) is 18.2 Å². The van der Waals surface area contributed by atoms with Crippen LogP contribution in [0.5, 0.6) is 0 Å². The van der Waals surface area contributed by atoms with Gasteiger partial charge in [0.05, 0.1) is 4.88 Å². The number of aryl methyl sites for hydroxylation is 1. The average molecular weight is 449 g/mol. The van der Waals surface area contributed by atoms with E-state index in [4.69, 9.17) is 4.52 Å². The van der Waals surface area contributed by atoms with Gasteiger partial charge in [0.25, 0.3) is 0 Å². The molecule has 0 radical (unpaired) electrons. The summed E-state index contributed by atoms with van der Waals surface area (Å²) in [6.07, 6.45) is 6.13. The van der Waals surface area contributed by atoms with Crippen LogP contribution in [0.15, 0.2) is 57.7 Å². The summed E-state index contributed by atoms with van der Waals surface area (Å²) in [7, 11) is 0. The van der Waals surface area contributed by atoms with Crippen molar-refractivity contribution in [2.45, 2.75) is 36.9 Å². The number of thioether (sulfide) groups is 1. The fourth-order valence-electron chi connectivity index (χ4n) is 3.73. The maximum atomic E-state index is 5.41. The second kappa shape index (κ2) is 7.97. The molecule has 1 fully saturated rings. The number of benzene rings is 1. The monoisotopic (exact) mass is 448 g/mol. The number of hydrogen-bond acceptors (Lipinski definition) is 7. The van der Waals surface area contributed by atoms with E-state index in [0.29, 0.717) is 17.8 Å². The Morgan fingerprint density at radius 3 is 2.97 bits per heavy atom. The number of hydrogen-bond donors (Lipinski definition) is 1. The van der Waals surface area contributed by atoms with Crippen LogP contribution in [0, 0.1) is 0 Å². The van der Waals surface area contributed by atoms with E-state index in [2.05, 4.69) is 48.1 Å². The fraction of sp³-hybridized carbons (Fsp3) is 0.273. The predicted molar refractivity (Wildman–Crippen MR) is 122 cm³/mol. The van der Waals surface area contributed by atoms with Crippen molar-refractivity contribution in [2.75, 3.05) is 5.75 Å². The van der Waals surface area contributed by atoms with Gasteiger partial charge in [-0.2, -0.15) is 4.98 Å². The van der Waals surface area contributed by atoms with E-state index in [0.717, 1.165) is 45.5 Å². The summed E-state index contributed by atoms with van der Waals surface area (Å²) in [6.45, 7) is 0. The van der Waals surface area contributed by atoms with Gasteiger partial charge in [0.15, 0.2) is 11.0 Å². The van der Waals surface area contributed by atoms with Gasteiger partial charge < -0.3 is 9.51 Å². The van der Waals surface area contributed by atoms with E-state index in [1.54, 1.807) is 23.1 Å². The molecule has 0 saturated heterocycles. The zero-order valence-electron chi connectivity index (χ0n) is 16.7. The topological polar surface area (TPSA) is 85.4 Å². The summed E-state index contributed by atoms with van der Waals surface area (Å²) in [4.78, 5) is 8.90. The number of aromatic nitrogens is 6. The molecule has 0 amide bonds. The Morgan fingerprint density at radius 2 is 2.10 bits per heavy atom. The minimum Gasteiger partial charge on any atom is -0.360 e. The lowest BCUT2D eigenvalue weighted by Gasteiger charge is -2.08. The molecule has 1 aromatic carbocycles. The van der Waals surface area contributed by atoms with Crippen molar-refractivity contribution < 1.29 is 4.52 Å². The highest BCUT2D eigenvalue weighted by Crippen LogP contribution is 2.42. The predicted octanol–water partition coefficient (Wildman–Crippen LogP) is 5.60. The highest BCUT2D eigenvalue weighted by atomic mass is 32.2. The molecule has 0 atom stereocenters. The maximum absolute atomic E-state index is 5.41. The smallest absolute Gasteiger partial charge is 0.227 e. The molecule has 4 aromatic heterocycles. The SMILES string of the molecule is c1csc(-c2noc(CCCSc3nnc(-c4c[nH]c5ccccc45)n3C3CC3)n2)c1. The highest BCUT2D eigenvalue weighted by Gasteiger charge is 2.30. The second-order valence-electron chi connectivity index (χ2n) is 7.60. The molecule has 6 rings (SSSR count). The molecule has 0 bridgehead atoms. The quantitative estimate of drug-likeness (QED) is 0.246. The first-order valence-corrected chi connectivity index (χ1v) is 12.2. The molecule has 156 valence electrons. The number of thiophene rings is 1. The number of rotatable bonds is 8. The summed E-state index contributed by atoms with van der Waals surface area (Å²) in [6, 6.07) is 12.8. The molecule has 9 heteroatoms. The summed E-state index contributed by atoms with van der Waals surface area (Å²) in [5, 5.41) is 17.4. The number of aromatic amines is 1. The summed E-state index contributed by atoms with van der Waals surface area (Å²) >= 11 is 3.37. The van der Waals surface area contributed by atoms with Crippen LogP contribution in [0.3, 0.4) is 0 Å². The maximum Gasteiger partial charge on any atom is 0.227 e. The van der Waals surface area contributed by atoms with Crippen molar-refractivity contribution >= 4 is 34.0 Å². The zero-order chi connectivity index (χ0) is 20.6. The molecule has 1 N–H and O–H groups in total. The van der Waals surface area contributed by atoms with Gasteiger partial charge in [0, 0.05) is 40.9 Å². The van der Waals surface area contributed by atoms with Crippen LogP contribution in [-0.2, 0) is 6.42 Å². The Balaban J connectivity index is 1.15. The van der Waals surface area contributed by atoms with E-state index in [9.17, 15) is 0 Å². The van der Waals surface area contributed by atoms with Gasteiger partial charge in [-0.1, -0.05) is 41.2 Å². The number of nitrogens with one attached hydrogen (secondary N) is 1. The molecule has 1 aliphatic rings. The van der Waals surface area contributed by atoms with E-state index < -0.39 is 0 Å². The lowest BCUT2D eigenvalue weighted by molar-refractivity contribution is 0.378. The molecule has 5 aromatic rings. The minimum absolute atomic E-state index is 0.505. The molecule has 0 aliphatic heterocycles. The Morgan fingerprint density at radius 1 is 1.16 bits per heavy atom. The van der Waals surface area contributed by atoms with Gasteiger partial charge in [-0.05, 0) is 36.8 Å². The first-order valence-electron chi connectivity index (χ1n) is 10.4. The van der Waals surface area contributed by atoms with Crippen LogP contribution < -0.4 is 0 Å². The fourth-order valence-corrected chi connectivity index (χ4v) is 5.32. The van der Waals surface area contributed by atoms with Crippen LogP contribution in [0.4, 0.5) is 0 Å². The highest BCUT2D eigenvalue weighted by molar-refractivity contribution is 7.99. The molecule has 1 saturated carbocycles. The number of para-hydroxylation sites is 1. The zero-order valence-corrected chi connectivity index (χ0v) is 18.3. The Labute approximate surface area is 186 Å². The first kappa shape index (κ1) is 18.8. The third kappa shape index (κ3) is 3.68. The Kier molecular flexibility index (Phi) is 4.84. The number of nitrogens with zero attached hydrogens (tertiary/aromatic N) is 5. The van der Waals surface area contributed by atoms with E-state index >= 15 is 0 Å². The van der Waals surface area contributed by atoms with Crippen molar-refractivity contribution in [3.8, 4) is 22.1 Å². The molecular formula is C22H20N6OS2. The van der Waals surface area contributed by atoms with E-state index in [1.807, 2.05) is 29.8 Å². The lowest BCUT2D eigenvalue weighted by Crippen LogP contribution is -2.00.